The largest absolute Gasteiger partial charge is 0.462 e. The summed E-state index contributed by atoms with van der Waals surface area (Å²) in [5, 5.41) is 23.6. The number of esters is 1. The van der Waals surface area contributed by atoms with Crippen LogP contribution in [0.1, 0.15) is 31.9 Å². The summed E-state index contributed by atoms with van der Waals surface area (Å²) in [4.78, 5) is 42.1. The van der Waals surface area contributed by atoms with E-state index < -0.39 is 21.9 Å². The summed E-state index contributed by atoms with van der Waals surface area (Å²) in [6, 6.07) is 4.93. The molecule has 0 fully saturated rings. The van der Waals surface area contributed by atoms with Crippen molar-refractivity contribution in [2.45, 2.75) is 26.2 Å². The van der Waals surface area contributed by atoms with E-state index in [0.29, 0.717) is 17.1 Å². The minimum absolute atomic E-state index is 0.0706. The highest BCUT2D eigenvalue weighted by Crippen LogP contribution is 2.37. The number of allylic oxidation sites excluding steroid dienone is 3. The summed E-state index contributed by atoms with van der Waals surface area (Å²) >= 11 is 0. The van der Waals surface area contributed by atoms with Gasteiger partial charge in [-0.2, -0.15) is 0 Å². The van der Waals surface area contributed by atoms with E-state index in [1.807, 2.05) is 0 Å². The zero-order chi connectivity index (χ0) is 20.0. The van der Waals surface area contributed by atoms with Gasteiger partial charge in [-0.05, 0) is 26.0 Å². The molecule has 1 aromatic heterocycles. The Morgan fingerprint density at radius 3 is 2.56 bits per heavy atom. The lowest BCUT2D eigenvalue weighted by Gasteiger charge is -2.25. The first kappa shape index (κ1) is 19.8. The zero-order valence-electron chi connectivity index (χ0n) is 14.7. The Morgan fingerprint density at radius 1 is 1.22 bits per heavy atom. The van der Waals surface area contributed by atoms with Gasteiger partial charge in [-0.25, -0.2) is 4.79 Å². The number of hydrogen-bond donors (Lipinski definition) is 1. The summed E-state index contributed by atoms with van der Waals surface area (Å²) < 4.78 is 5.14. The normalized spacial score (nSPS) is 16.6. The first-order chi connectivity index (χ1) is 12.8. The standard InChI is InChI=1S/C16H18N4O7/c1-10-13(16(21)26-8-5-9-27-20(24)25)14(12-6-3-4-7-17-12)15(19(22)23)11(2)18-10/h3-4,6-7,14,18H,5,8-9H2,1-2H3. The van der Waals surface area contributed by atoms with E-state index in [-0.39, 0.29) is 30.9 Å². The van der Waals surface area contributed by atoms with Crippen molar-refractivity contribution in [3.05, 3.63) is 73.0 Å². The van der Waals surface area contributed by atoms with Gasteiger partial charge in [0.1, 0.15) is 5.92 Å². The molecule has 0 amide bonds. The van der Waals surface area contributed by atoms with Gasteiger partial charge in [0.2, 0.25) is 0 Å². The molecule has 11 nitrogen and oxygen atoms in total. The van der Waals surface area contributed by atoms with Crippen LogP contribution in [0.2, 0.25) is 0 Å². The molecule has 2 heterocycles. The maximum Gasteiger partial charge on any atom is 0.337 e. The molecular formula is C16H18N4O7. The van der Waals surface area contributed by atoms with Crippen LogP contribution in [0.5, 0.6) is 0 Å². The van der Waals surface area contributed by atoms with Crippen molar-refractivity contribution >= 4 is 5.97 Å². The van der Waals surface area contributed by atoms with Crippen molar-refractivity contribution in [1.29, 1.82) is 0 Å². The molecule has 1 N–H and O–H groups in total. The predicted molar refractivity (Wildman–Crippen MR) is 91.0 cm³/mol. The van der Waals surface area contributed by atoms with Crippen molar-refractivity contribution in [3.63, 3.8) is 0 Å². The Balaban J connectivity index is 2.26. The fraction of sp³-hybridized carbons (Fsp3) is 0.375. The van der Waals surface area contributed by atoms with Gasteiger partial charge in [0.15, 0.2) is 0 Å². The molecule has 2 rings (SSSR count). The lowest BCUT2D eigenvalue weighted by molar-refractivity contribution is -0.757. The smallest absolute Gasteiger partial charge is 0.337 e. The molecule has 0 aliphatic carbocycles. The first-order valence-corrected chi connectivity index (χ1v) is 8.01. The summed E-state index contributed by atoms with van der Waals surface area (Å²) in [5.41, 5.74) is 0.946. The molecule has 0 saturated heterocycles. The van der Waals surface area contributed by atoms with Crippen LogP contribution in [0, 0.1) is 20.2 Å². The van der Waals surface area contributed by atoms with Crippen molar-refractivity contribution in [1.82, 2.24) is 10.3 Å². The summed E-state index contributed by atoms with van der Waals surface area (Å²) in [6.45, 7) is 2.81. The van der Waals surface area contributed by atoms with Gasteiger partial charge in [-0.15, -0.1) is 10.1 Å². The molecule has 0 bridgehead atoms. The van der Waals surface area contributed by atoms with E-state index in [0.717, 1.165) is 0 Å². The fourth-order valence-corrected chi connectivity index (χ4v) is 2.77. The van der Waals surface area contributed by atoms with Gasteiger partial charge in [-0.3, -0.25) is 15.1 Å². The van der Waals surface area contributed by atoms with E-state index >= 15 is 0 Å². The van der Waals surface area contributed by atoms with Crippen LogP contribution >= 0.6 is 0 Å². The summed E-state index contributed by atoms with van der Waals surface area (Å²) in [7, 11) is 0. The minimum Gasteiger partial charge on any atom is -0.462 e. The number of pyridine rings is 1. The quantitative estimate of drug-likeness (QED) is 0.309. The monoisotopic (exact) mass is 378 g/mol. The van der Waals surface area contributed by atoms with Gasteiger partial charge >= 0.3 is 5.97 Å². The van der Waals surface area contributed by atoms with Crippen LogP contribution in [0.4, 0.5) is 0 Å². The molecule has 0 radical (unpaired) electrons. The molecule has 1 aliphatic heterocycles. The van der Waals surface area contributed by atoms with E-state index in [4.69, 9.17) is 4.74 Å². The molecule has 1 aliphatic rings. The summed E-state index contributed by atoms with van der Waals surface area (Å²) in [5.74, 6) is -1.76. The molecule has 1 unspecified atom stereocenters. The Morgan fingerprint density at radius 2 is 1.96 bits per heavy atom. The van der Waals surface area contributed by atoms with Crippen molar-refractivity contribution in [2.75, 3.05) is 13.2 Å². The highest BCUT2D eigenvalue weighted by atomic mass is 16.9. The van der Waals surface area contributed by atoms with Crippen LogP contribution in [-0.2, 0) is 14.4 Å². The number of nitrogens with one attached hydrogen (secondary N) is 1. The Bertz CT molecular complexity index is 804. The second kappa shape index (κ2) is 8.74. The van der Waals surface area contributed by atoms with Gasteiger partial charge in [-0.1, -0.05) is 6.07 Å². The molecule has 27 heavy (non-hydrogen) atoms. The van der Waals surface area contributed by atoms with Crippen molar-refractivity contribution in [3.8, 4) is 0 Å². The molecule has 1 atom stereocenters. The van der Waals surface area contributed by atoms with Crippen molar-refractivity contribution < 1.29 is 24.4 Å². The average molecular weight is 378 g/mol. The topological polar surface area (TPSA) is 147 Å². The molecule has 0 spiro atoms. The third-order valence-electron chi connectivity index (χ3n) is 3.84. The SMILES string of the molecule is CC1=C(C(=O)OCCCO[N+](=O)[O-])C(c2ccccn2)C([N+](=O)[O-])=C(C)N1. The molecule has 0 aromatic carbocycles. The number of nitro groups is 1. The third kappa shape index (κ3) is 4.77. The molecular weight excluding hydrogens is 360 g/mol. The predicted octanol–water partition coefficient (Wildman–Crippen LogP) is 1.69. The van der Waals surface area contributed by atoms with E-state index in [2.05, 4.69) is 15.1 Å². The molecule has 1 aromatic rings. The number of hydrogen-bond acceptors (Lipinski definition) is 9. The Hall–Kier alpha value is -3.50. The van der Waals surface area contributed by atoms with E-state index in [1.165, 1.54) is 6.20 Å². The zero-order valence-corrected chi connectivity index (χ0v) is 14.7. The van der Waals surface area contributed by atoms with E-state index in [1.54, 1.807) is 32.0 Å². The number of carbonyl (C=O) groups is 1. The number of dihydropyridines is 1. The Kier molecular flexibility index (Phi) is 6.41. The highest BCUT2D eigenvalue weighted by molar-refractivity contribution is 5.92. The minimum atomic E-state index is -0.995. The number of rotatable bonds is 8. The third-order valence-corrected chi connectivity index (χ3v) is 3.84. The van der Waals surface area contributed by atoms with Gasteiger partial charge in [0.25, 0.3) is 10.8 Å². The fourth-order valence-electron chi connectivity index (χ4n) is 2.77. The number of carbonyl (C=O) groups excluding carboxylic acids is 1. The maximum absolute atomic E-state index is 12.6. The van der Waals surface area contributed by atoms with Crippen LogP contribution in [0.15, 0.2) is 47.1 Å². The maximum atomic E-state index is 12.6. The first-order valence-electron chi connectivity index (χ1n) is 8.01. The number of nitrogens with zero attached hydrogens (tertiary/aromatic N) is 3. The lowest BCUT2D eigenvalue weighted by atomic mass is 9.87. The van der Waals surface area contributed by atoms with Crippen LogP contribution in [0.3, 0.4) is 0 Å². The molecule has 0 saturated carbocycles. The average Bonchev–Trinajstić information content (AvgIpc) is 2.60. The molecule has 144 valence electrons. The van der Waals surface area contributed by atoms with Crippen LogP contribution in [0.25, 0.3) is 0 Å². The number of ether oxygens (including phenoxy) is 1. The van der Waals surface area contributed by atoms with Crippen LogP contribution in [-0.4, -0.2) is 34.2 Å². The highest BCUT2D eigenvalue weighted by Gasteiger charge is 2.41. The van der Waals surface area contributed by atoms with Gasteiger partial charge < -0.3 is 14.9 Å². The van der Waals surface area contributed by atoms with Gasteiger partial charge in [0.05, 0.1) is 35.1 Å². The Labute approximate surface area is 153 Å². The van der Waals surface area contributed by atoms with Gasteiger partial charge in [0, 0.05) is 18.3 Å². The van der Waals surface area contributed by atoms with E-state index in [9.17, 15) is 25.0 Å². The number of aromatic nitrogens is 1. The van der Waals surface area contributed by atoms with Crippen molar-refractivity contribution in [2.24, 2.45) is 0 Å². The van der Waals surface area contributed by atoms with Crippen LogP contribution < -0.4 is 5.32 Å². The molecule has 11 heteroatoms. The lowest BCUT2D eigenvalue weighted by Crippen LogP contribution is -2.32. The summed E-state index contributed by atoms with van der Waals surface area (Å²) in [6.07, 6.45) is 1.59. The second-order valence-electron chi connectivity index (χ2n) is 5.66. The second-order valence-corrected chi connectivity index (χ2v) is 5.66.